The summed E-state index contributed by atoms with van der Waals surface area (Å²) in [6.45, 7) is 1.74. The number of piperidine rings is 1. The molecule has 174 valence electrons. The molecule has 3 aromatic heterocycles. The highest BCUT2D eigenvalue weighted by Gasteiger charge is 2.46. The van der Waals surface area contributed by atoms with Crippen molar-refractivity contribution in [1.82, 2.24) is 19.9 Å². The summed E-state index contributed by atoms with van der Waals surface area (Å²) in [7, 11) is 0. The number of fused-ring (bicyclic) bond motifs is 2. The highest BCUT2D eigenvalue weighted by Crippen LogP contribution is 2.51. The van der Waals surface area contributed by atoms with Crippen molar-refractivity contribution in [2.45, 2.75) is 35.2 Å². The molecule has 1 spiro atoms. The Hall–Kier alpha value is -3.01. The first-order chi connectivity index (χ1) is 16.4. The molecule has 1 unspecified atom stereocenters. The molecule has 2 aliphatic rings. The van der Waals surface area contributed by atoms with Gasteiger partial charge >= 0.3 is 0 Å². The fourth-order valence-corrected chi connectivity index (χ4v) is 6.35. The third kappa shape index (κ3) is 3.46. The molecule has 1 fully saturated rings. The number of anilines is 3. The number of benzene rings is 1. The van der Waals surface area contributed by atoms with Crippen LogP contribution in [0, 0.1) is 5.41 Å². The van der Waals surface area contributed by atoms with E-state index >= 15 is 0 Å². The molecular weight excluding hydrogens is 468 g/mol. The van der Waals surface area contributed by atoms with Crippen molar-refractivity contribution in [1.29, 1.82) is 0 Å². The van der Waals surface area contributed by atoms with Crippen LogP contribution in [0.25, 0.3) is 10.9 Å². The van der Waals surface area contributed by atoms with Crippen LogP contribution in [0.2, 0.25) is 5.02 Å². The lowest BCUT2D eigenvalue weighted by molar-refractivity contribution is 0.187. The van der Waals surface area contributed by atoms with E-state index in [-0.39, 0.29) is 17.3 Å². The number of aromatic amines is 1. The van der Waals surface area contributed by atoms with E-state index in [1.165, 1.54) is 28.3 Å². The second-order valence-electron chi connectivity index (χ2n) is 9.15. The quantitative estimate of drug-likeness (QED) is 0.334. The number of hydrogen-bond acceptors (Lipinski definition) is 8. The van der Waals surface area contributed by atoms with Crippen LogP contribution in [-0.2, 0) is 6.42 Å². The van der Waals surface area contributed by atoms with E-state index < -0.39 is 0 Å². The maximum absolute atomic E-state index is 6.83. The van der Waals surface area contributed by atoms with Crippen molar-refractivity contribution in [3.63, 3.8) is 0 Å². The Morgan fingerprint density at radius 1 is 1.12 bits per heavy atom. The summed E-state index contributed by atoms with van der Waals surface area (Å²) in [6, 6.07) is 8.49. The van der Waals surface area contributed by atoms with Gasteiger partial charge in [-0.05, 0) is 65.5 Å². The van der Waals surface area contributed by atoms with Crippen LogP contribution in [-0.4, -0.2) is 33.0 Å². The zero-order valence-electron chi connectivity index (χ0n) is 18.5. The largest absolute Gasteiger partial charge is 0.382 e. The molecule has 1 saturated heterocycles. The molecule has 10 heteroatoms. The second-order valence-corrected chi connectivity index (χ2v) is 10.6. The van der Waals surface area contributed by atoms with Crippen LogP contribution < -0.4 is 22.1 Å². The summed E-state index contributed by atoms with van der Waals surface area (Å²) < 4.78 is 0. The van der Waals surface area contributed by atoms with Gasteiger partial charge < -0.3 is 27.1 Å². The molecule has 7 N–H and O–H groups in total. The predicted molar refractivity (Wildman–Crippen MR) is 137 cm³/mol. The number of nitrogens with one attached hydrogen (secondary N) is 1. The molecule has 0 saturated carbocycles. The van der Waals surface area contributed by atoms with Crippen molar-refractivity contribution in [3.8, 4) is 0 Å². The van der Waals surface area contributed by atoms with Crippen molar-refractivity contribution >= 4 is 51.7 Å². The molecule has 0 radical (unpaired) electrons. The van der Waals surface area contributed by atoms with Crippen LogP contribution >= 0.6 is 23.4 Å². The Morgan fingerprint density at radius 2 is 1.94 bits per heavy atom. The first-order valence-electron chi connectivity index (χ1n) is 11.2. The number of hydrogen-bond donors (Lipinski definition) is 4. The standard InChI is InChI=1S/C24H25ClN8S/c25-19-17(2-6-30-21(19)27)34-23-22(28)32-18(12-31-23)33-7-3-24(4-8-33)11-14-9-13-1-5-29-16(13)10-15(14)20(24)26/h1-2,5-6,9-10,12,20,29H,3-4,7-8,11,26H2,(H2,27,30)(H2,28,32). The summed E-state index contributed by atoms with van der Waals surface area (Å²) in [5, 5.41) is 2.23. The maximum Gasteiger partial charge on any atom is 0.158 e. The molecule has 1 aliphatic carbocycles. The van der Waals surface area contributed by atoms with Crippen LogP contribution in [0.1, 0.15) is 30.0 Å². The van der Waals surface area contributed by atoms with Gasteiger partial charge in [0.1, 0.15) is 16.7 Å². The topological polar surface area (TPSA) is 136 Å². The molecule has 34 heavy (non-hydrogen) atoms. The zero-order valence-corrected chi connectivity index (χ0v) is 20.0. The molecule has 0 amide bonds. The van der Waals surface area contributed by atoms with E-state index in [9.17, 15) is 0 Å². The van der Waals surface area contributed by atoms with Gasteiger partial charge in [0, 0.05) is 41.9 Å². The van der Waals surface area contributed by atoms with E-state index in [1.54, 1.807) is 18.5 Å². The van der Waals surface area contributed by atoms with Crippen LogP contribution in [0.15, 0.2) is 52.8 Å². The lowest BCUT2D eigenvalue weighted by Gasteiger charge is -2.42. The zero-order chi connectivity index (χ0) is 23.4. The van der Waals surface area contributed by atoms with Gasteiger partial charge in [0.15, 0.2) is 5.82 Å². The summed E-state index contributed by atoms with van der Waals surface area (Å²) in [6.07, 6.45) is 8.40. The number of aromatic nitrogens is 4. The molecule has 4 aromatic rings. The van der Waals surface area contributed by atoms with Crippen molar-refractivity contribution < 1.29 is 0 Å². The number of nitrogen functional groups attached to an aromatic ring is 2. The molecular formula is C24H25ClN8S. The van der Waals surface area contributed by atoms with Gasteiger partial charge in [0.25, 0.3) is 0 Å². The third-order valence-electron chi connectivity index (χ3n) is 7.27. The first-order valence-corrected chi connectivity index (χ1v) is 12.4. The number of pyridine rings is 1. The Bertz CT molecular complexity index is 1400. The van der Waals surface area contributed by atoms with Crippen LogP contribution in [0.3, 0.4) is 0 Å². The molecule has 8 nitrogen and oxygen atoms in total. The summed E-state index contributed by atoms with van der Waals surface area (Å²) in [5.74, 6) is 1.44. The highest BCUT2D eigenvalue weighted by molar-refractivity contribution is 7.99. The minimum absolute atomic E-state index is 0.0461. The first kappa shape index (κ1) is 21.5. The summed E-state index contributed by atoms with van der Waals surface area (Å²) in [5.41, 5.74) is 22.8. The third-order valence-corrected chi connectivity index (χ3v) is 8.85. The number of nitrogens with two attached hydrogens (primary N) is 3. The fourth-order valence-electron chi connectivity index (χ4n) is 5.33. The van der Waals surface area contributed by atoms with E-state index in [0.717, 1.165) is 48.6 Å². The van der Waals surface area contributed by atoms with Gasteiger partial charge in [-0.15, -0.1) is 0 Å². The van der Waals surface area contributed by atoms with Gasteiger partial charge in [0.05, 0.1) is 11.2 Å². The average molecular weight is 493 g/mol. The lowest BCUT2D eigenvalue weighted by Crippen LogP contribution is -2.44. The van der Waals surface area contributed by atoms with Crippen LogP contribution in [0.5, 0.6) is 0 Å². The predicted octanol–water partition coefficient (Wildman–Crippen LogP) is 4.16. The van der Waals surface area contributed by atoms with Crippen LogP contribution in [0.4, 0.5) is 17.5 Å². The van der Waals surface area contributed by atoms with Crippen molar-refractivity contribution in [3.05, 3.63) is 59.0 Å². The number of halogens is 1. The number of H-pyrrole nitrogens is 1. The smallest absolute Gasteiger partial charge is 0.158 e. The minimum atomic E-state index is 0.0461. The molecule has 1 atom stereocenters. The van der Waals surface area contributed by atoms with Gasteiger partial charge in [0.2, 0.25) is 0 Å². The molecule has 4 heterocycles. The molecule has 1 aromatic carbocycles. The molecule has 0 bridgehead atoms. The monoisotopic (exact) mass is 492 g/mol. The van der Waals surface area contributed by atoms with Gasteiger partial charge in [-0.2, -0.15) is 0 Å². The average Bonchev–Trinajstić information content (AvgIpc) is 3.39. The Labute approximate surface area is 206 Å². The second kappa shape index (κ2) is 8.04. The Morgan fingerprint density at radius 3 is 2.74 bits per heavy atom. The Balaban J connectivity index is 1.17. The van der Waals surface area contributed by atoms with E-state index in [4.69, 9.17) is 28.8 Å². The number of nitrogens with zero attached hydrogens (tertiary/aromatic N) is 4. The SMILES string of the molecule is Nc1nc(N2CCC3(CC2)Cc2cc4cc[nH]c4cc2C3N)cnc1Sc1ccnc(N)c1Cl. The Kier molecular flexibility index (Phi) is 5.09. The summed E-state index contributed by atoms with van der Waals surface area (Å²) >= 11 is 7.59. The van der Waals surface area contributed by atoms with Crippen molar-refractivity contribution in [2.75, 3.05) is 29.5 Å². The van der Waals surface area contributed by atoms with E-state index in [1.807, 2.05) is 6.20 Å². The normalized spacial score (nSPS) is 19.1. The van der Waals surface area contributed by atoms with Gasteiger partial charge in [-0.1, -0.05) is 23.4 Å². The van der Waals surface area contributed by atoms with Gasteiger partial charge in [-0.25, -0.2) is 15.0 Å². The van der Waals surface area contributed by atoms with Gasteiger partial charge in [-0.3, -0.25) is 0 Å². The number of rotatable bonds is 3. The fraction of sp³-hybridized carbons (Fsp3) is 0.292. The van der Waals surface area contributed by atoms with E-state index in [0.29, 0.717) is 15.9 Å². The maximum atomic E-state index is 6.83. The lowest BCUT2D eigenvalue weighted by atomic mass is 9.73. The minimum Gasteiger partial charge on any atom is -0.382 e. The van der Waals surface area contributed by atoms with Crippen molar-refractivity contribution in [2.24, 2.45) is 11.1 Å². The molecule has 6 rings (SSSR count). The highest BCUT2D eigenvalue weighted by atomic mass is 35.5. The molecule has 1 aliphatic heterocycles. The summed E-state index contributed by atoms with van der Waals surface area (Å²) in [4.78, 5) is 19.5. The van der Waals surface area contributed by atoms with E-state index in [2.05, 4.69) is 43.0 Å².